The first-order valence-electron chi connectivity index (χ1n) is 6.94. The first-order valence-corrected chi connectivity index (χ1v) is 6.94. The van der Waals surface area contributed by atoms with Crippen molar-refractivity contribution in [1.29, 1.82) is 0 Å². The van der Waals surface area contributed by atoms with Crippen LogP contribution in [0.15, 0.2) is 40.2 Å². The molecular formula is C15H15FN4O3. The first-order chi connectivity index (χ1) is 10.9. The summed E-state index contributed by atoms with van der Waals surface area (Å²) in [5.74, 6) is -0.449. The van der Waals surface area contributed by atoms with Crippen LogP contribution in [0.2, 0.25) is 0 Å². The number of benzene rings is 1. The largest absolute Gasteiger partial charge is 0.387 e. The number of rotatable bonds is 3. The van der Waals surface area contributed by atoms with E-state index in [1.807, 2.05) is 0 Å². The minimum absolute atomic E-state index is 0.0212. The van der Waals surface area contributed by atoms with E-state index < -0.39 is 23.2 Å². The van der Waals surface area contributed by atoms with Crippen LogP contribution in [0.1, 0.15) is 11.7 Å². The van der Waals surface area contributed by atoms with E-state index in [0.717, 1.165) is 4.57 Å². The van der Waals surface area contributed by atoms with E-state index in [2.05, 4.69) is 4.98 Å². The molecule has 0 unspecified atom stereocenters. The highest BCUT2D eigenvalue weighted by Gasteiger charge is 2.17. The summed E-state index contributed by atoms with van der Waals surface area (Å²) >= 11 is 0. The van der Waals surface area contributed by atoms with E-state index in [1.165, 1.54) is 47.8 Å². The molecule has 2 aromatic heterocycles. The average molecular weight is 318 g/mol. The van der Waals surface area contributed by atoms with E-state index >= 15 is 0 Å². The molecule has 0 amide bonds. The second-order valence-electron chi connectivity index (χ2n) is 5.35. The molecule has 0 aliphatic carbocycles. The molecule has 0 saturated heterocycles. The van der Waals surface area contributed by atoms with Gasteiger partial charge in [-0.1, -0.05) is 12.1 Å². The van der Waals surface area contributed by atoms with Gasteiger partial charge in [-0.25, -0.2) is 14.2 Å². The Bertz CT molecular complexity index is 1000. The Balaban J connectivity index is 2.08. The third kappa shape index (κ3) is 2.46. The Morgan fingerprint density at radius 1 is 1.26 bits per heavy atom. The average Bonchev–Trinajstić information content (AvgIpc) is 2.94. The fourth-order valence-electron chi connectivity index (χ4n) is 2.54. The molecule has 0 bridgehead atoms. The molecule has 1 aromatic carbocycles. The SMILES string of the molecule is Cn1c(=O)c2c(ncn2C[C@@H](O)c2cccc(F)c2)n(C)c1=O. The van der Waals surface area contributed by atoms with Crippen LogP contribution in [0.3, 0.4) is 0 Å². The molecule has 1 atom stereocenters. The second kappa shape index (κ2) is 5.47. The van der Waals surface area contributed by atoms with Crippen LogP contribution in [0.25, 0.3) is 11.2 Å². The van der Waals surface area contributed by atoms with Crippen molar-refractivity contribution in [3.05, 3.63) is 62.8 Å². The van der Waals surface area contributed by atoms with Gasteiger partial charge in [0.25, 0.3) is 5.56 Å². The molecule has 1 N–H and O–H groups in total. The van der Waals surface area contributed by atoms with Gasteiger partial charge in [0.1, 0.15) is 5.82 Å². The summed E-state index contributed by atoms with van der Waals surface area (Å²) in [7, 11) is 2.90. The van der Waals surface area contributed by atoms with Crippen LogP contribution in [0.4, 0.5) is 4.39 Å². The maximum atomic E-state index is 13.3. The zero-order valence-electron chi connectivity index (χ0n) is 12.6. The predicted molar refractivity (Wildman–Crippen MR) is 81.6 cm³/mol. The van der Waals surface area contributed by atoms with Crippen molar-refractivity contribution in [3.8, 4) is 0 Å². The smallest absolute Gasteiger partial charge is 0.332 e. The Hall–Kier alpha value is -2.74. The monoisotopic (exact) mass is 318 g/mol. The second-order valence-corrected chi connectivity index (χ2v) is 5.35. The van der Waals surface area contributed by atoms with Crippen LogP contribution < -0.4 is 11.2 Å². The number of halogens is 1. The number of hydrogen-bond acceptors (Lipinski definition) is 4. The zero-order chi connectivity index (χ0) is 16.7. The number of aliphatic hydroxyl groups excluding tert-OH is 1. The van der Waals surface area contributed by atoms with E-state index in [9.17, 15) is 19.1 Å². The van der Waals surface area contributed by atoms with Gasteiger partial charge in [0.05, 0.1) is 19.0 Å². The van der Waals surface area contributed by atoms with Gasteiger partial charge in [0.2, 0.25) is 0 Å². The molecule has 0 saturated carbocycles. The van der Waals surface area contributed by atoms with Crippen LogP contribution in [0, 0.1) is 5.82 Å². The summed E-state index contributed by atoms with van der Waals surface area (Å²) in [4.78, 5) is 28.3. The zero-order valence-corrected chi connectivity index (χ0v) is 12.6. The highest BCUT2D eigenvalue weighted by Crippen LogP contribution is 2.17. The Kier molecular flexibility index (Phi) is 3.61. The van der Waals surface area contributed by atoms with Crippen molar-refractivity contribution in [2.45, 2.75) is 12.6 Å². The topological polar surface area (TPSA) is 82.0 Å². The van der Waals surface area contributed by atoms with E-state index in [0.29, 0.717) is 5.56 Å². The van der Waals surface area contributed by atoms with Gasteiger partial charge in [0, 0.05) is 14.1 Å². The lowest BCUT2D eigenvalue weighted by Gasteiger charge is -2.13. The Morgan fingerprint density at radius 3 is 2.70 bits per heavy atom. The third-order valence-electron chi connectivity index (χ3n) is 3.82. The molecule has 120 valence electrons. The molecule has 0 radical (unpaired) electrons. The first kappa shape index (κ1) is 15.2. The molecule has 23 heavy (non-hydrogen) atoms. The predicted octanol–water partition coefficient (Wildman–Crippen LogP) is 0.306. The quantitative estimate of drug-likeness (QED) is 0.753. The van der Waals surface area contributed by atoms with Gasteiger partial charge in [-0.05, 0) is 17.7 Å². The van der Waals surface area contributed by atoms with Crippen molar-refractivity contribution in [2.24, 2.45) is 14.1 Å². The summed E-state index contributed by atoms with van der Waals surface area (Å²) in [6.45, 7) is 0.0212. The number of aliphatic hydroxyl groups is 1. The van der Waals surface area contributed by atoms with Crippen LogP contribution in [-0.2, 0) is 20.6 Å². The number of aromatic nitrogens is 4. The van der Waals surface area contributed by atoms with Crippen molar-refractivity contribution < 1.29 is 9.50 Å². The number of imidazole rings is 1. The molecule has 7 nitrogen and oxygen atoms in total. The van der Waals surface area contributed by atoms with Crippen molar-refractivity contribution in [1.82, 2.24) is 18.7 Å². The van der Waals surface area contributed by atoms with Crippen LogP contribution >= 0.6 is 0 Å². The number of aryl methyl sites for hydroxylation is 1. The molecule has 0 aliphatic heterocycles. The van der Waals surface area contributed by atoms with E-state index in [4.69, 9.17) is 0 Å². The fourth-order valence-corrected chi connectivity index (χ4v) is 2.54. The summed E-state index contributed by atoms with van der Waals surface area (Å²) in [5, 5.41) is 10.3. The van der Waals surface area contributed by atoms with Crippen molar-refractivity contribution in [3.63, 3.8) is 0 Å². The van der Waals surface area contributed by atoms with Gasteiger partial charge >= 0.3 is 5.69 Å². The van der Waals surface area contributed by atoms with Gasteiger partial charge in [0.15, 0.2) is 11.2 Å². The summed E-state index contributed by atoms with van der Waals surface area (Å²) in [6.07, 6.45) is 0.374. The lowest BCUT2D eigenvalue weighted by Crippen LogP contribution is -2.37. The molecule has 0 spiro atoms. The standard InChI is InChI=1S/C15H15FN4O3/c1-18-13-12(14(22)19(2)15(18)23)20(8-17-13)7-11(21)9-4-3-5-10(16)6-9/h3-6,8,11,21H,7H2,1-2H3/t11-/m1/s1. The molecular weight excluding hydrogens is 303 g/mol. The van der Waals surface area contributed by atoms with Crippen LogP contribution in [0.5, 0.6) is 0 Å². The molecule has 2 heterocycles. The van der Waals surface area contributed by atoms with Gasteiger partial charge in [-0.2, -0.15) is 0 Å². The highest BCUT2D eigenvalue weighted by atomic mass is 19.1. The van der Waals surface area contributed by atoms with Crippen LogP contribution in [-0.4, -0.2) is 23.8 Å². The lowest BCUT2D eigenvalue weighted by atomic mass is 10.1. The highest BCUT2D eigenvalue weighted by molar-refractivity contribution is 5.69. The summed E-state index contributed by atoms with van der Waals surface area (Å²) in [5.41, 5.74) is -0.117. The number of fused-ring (bicyclic) bond motifs is 1. The number of hydrogen-bond donors (Lipinski definition) is 1. The van der Waals surface area contributed by atoms with E-state index in [1.54, 1.807) is 6.07 Å². The maximum absolute atomic E-state index is 13.3. The van der Waals surface area contributed by atoms with Gasteiger partial charge in [-0.15, -0.1) is 0 Å². The molecule has 8 heteroatoms. The molecule has 3 rings (SSSR count). The third-order valence-corrected chi connectivity index (χ3v) is 3.82. The normalized spacial score (nSPS) is 12.7. The molecule has 3 aromatic rings. The minimum atomic E-state index is -1.01. The van der Waals surface area contributed by atoms with Gasteiger partial charge < -0.3 is 9.67 Å². The van der Waals surface area contributed by atoms with Gasteiger partial charge in [-0.3, -0.25) is 13.9 Å². The van der Waals surface area contributed by atoms with Crippen molar-refractivity contribution in [2.75, 3.05) is 0 Å². The summed E-state index contributed by atoms with van der Waals surface area (Å²) in [6, 6.07) is 5.62. The molecule has 0 fully saturated rings. The Labute approximate surface area is 129 Å². The maximum Gasteiger partial charge on any atom is 0.332 e. The van der Waals surface area contributed by atoms with E-state index in [-0.39, 0.29) is 17.7 Å². The summed E-state index contributed by atoms with van der Waals surface area (Å²) < 4.78 is 17.0. The fraction of sp³-hybridized carbons (Fsp3) is 0.267. The minimum Gasteiger partial charge on any atom is -0.387 e. The number of nitrogens with zero attached hydrogens (tertiary/aromatic N) is 4. The lowest BCUT2D eigenvalue weighted by molar-refractivity contribution is 0.157. The Morgan fingerprint density at radius 2 is 2.00 bits per heavy atom. The van der Waals surface area contributed by atoms with Crippen molar-refractivity contribution >= 4 is 11.2 Å². The molecule has 0 aliphatic rings.